The third-order valence-electron chi connectivity index (χ3n) is 7.97. The molecule has 5 aliphatic rings. The van der Waals surface area contributed by atoms with Crippen LogP contribution >= 0.6 is 0 Å². The van der Waals surface area contributed by atoms with Gasteiger partial charge in [-0.2, -0.15) is 0 Å². The van der Waals surface area contributed by atoms with Gasteiger partial charge >= 0.3 is 0 Å². The summed E-state index contributed by atoms with van der Waals surface area (Å²) in [5, 5.41) is 6.43. The van der Waals surface area contributed by atoms with Gasteiger partial charge in [-0.05, 0) is 94.5 Å². The molecule has 2 amide bonds. The van der Waals surface area contributed by atoms with Crippen LogP contribution in [-0.2, 0) is 9.59 Å². The highest BCUT2D eigenvalue weighted by molar-refractivity contribution is 5.80. The molecule has 0 spiro atoms. The lowest BCUT2D eigenvalue weighted by atomic mass is 9.95. The number of rotatable bonds is 8. The topological polar surface area (TPSA) is 61.4 Å². The summed E-state index contributed by atoms with van der Waals surface area (Å²) < 4.78 is 0. The highest BCUT2D eigenvalue weighted by Gasteiger charge is 2.49. The van der Waals surface area contributed by atoms with E-state index in [0.717, 1.165) is 56.5 Å². The maximum atomic E-state index is 12.6. The molecule has 150 valence electrons. The van der Waals surface area contributed by atoms with Crippen molar-refractivity contribution in [3.8, 4) is 0 Å². The Hall–Kier alpha value is -1.10. The third kappa shape index (κ3) is 4.33. The van der Waals surface area contributed by atoms with Crippen molar-refractivity contribution in [2.24, 2.45) is 29.6 Å². The molecule has 3 atom stereocenters. The SMILES string of the molecule is O=C(CC1CCC2CC12)NC1(CNC(=O)C2CCN(CC3CC3)CC2)CC1. The van der Waals surface area contributed by atoms with Gasteiger partial charge in [0.25, 0.3) is 0 Å². The molecule has 1 aliphatic heterocycles. The Labute approximate surface area is 163 Å². The van der Waals surface area contributed by atoms with Gasteiger partial charge in [-0.25, -0.2) is 0 Å². The van der Waals surface area contributed by atoms with Crippen LogP contribution in [0.15, 0.2) is 0 Å². The highest BCUT2D eigenvalue weighted by Crippen LogP contribution is 2.56. The number of nitrogens with zero attached hydrogens (tertiary/aromatic N) is 1. The van der Waals surface area contributed by atoms with E-state index in [4.69, 9.17) is 0 Å². The number of likely N-dealkylation sites (tertiary alicyclic amines) is 1. The number of nitrogens with one attached hydrogen (secondary N) is 2. The van der Waals surface area contributed by atoms with Gasteiger partial charge in [0.15, 0.2) is 0 Å². The van der Waals surface area contributed by atoms with Gasteiger partial charge in [-0.3, -0.25) is 9.59 Å². The number of hydrogen-bond donors (Lipinski definition) is 2. The second-order valence-electron chi connectivity index (χ2n) is 10.3. The van der Waals surface area contributed by atoms with E-state index in [-0.39, 0.29) is 23.3 Å². The average Bonchev–Trinajstić information content (AvgIpc) is 3.55. The largest absolute Gasteiger partial charge is 0.354 e. The summed E-state index contributed by atoms with van der Waals surface area (Å²) in [4.78, 5) is 27.6. The minimum atomic E-state index is -0.138. The fourth-order valence-corrected chi connectivity index (χ4v) is 5.60. The van der Waals surface area contributed by atoms with Gasteiger partial charge in [-0.1, -0.05) is 0 Å². The molecule has 0 bridgehead atoms. The molecule has 0 aromatic heterocycles. The molecule has 0 aromatic carbocycles. The number of fused-ring (bicyclic) bond motifs is 1. The van der Waals surface area contributed by atoms with E-state index >= 15 is 0 Å². The number of hydrogen-bond acceptors (Lipinski definition) is 3. The Balaban J connectivity index is 1.02. The molecule has 5 fully saturated rings. The Kier molecular flexibility index (Phi) is 4.69. The smallest absolute Gasteiger partial charge is 0.223 e. The van der Waals surface area contributed by atoms with Crippen LogP contribution in [0.1, 0.15) is 64.2 Å². The minimum absolute atomic E-state index is 0.138. The van der Waals surface area contributed by atoms with Crippen molar-refractivity contribution in [1.82, 2.24) is 15.5 Å². The summed E-state index contributed by atoms with van der Waals surface area (Å²) >= 11 is 0. The summed E-state index contributed by atoms with van der Waals surface area (Å²) in [6, 6.07) is 0. The van der Waals surface area contributed by atoms with E-state index in [0.29, 0.717) is 18.9 Å². The molecule has 0 aromatic rings. The van der Waals surface area contributed by atoms with Gasteiger partial charge < -0.3 is 15.5 Å². The Morgan fingerprint density at radius 2 is 1.78 bits per heavy atom. The standard InChI is InChI=1S/C22H35N3O2/c26-20(12-18-4-3-17-11-19(17)18)24-22(7-8-22)14-23-21(27)16-5-9-25(10-6-16)13-15-1-2-15/h15-19H,1-14H2,(H,23,27)(H,24,26). The van der Waals surface area contributed by atoms with Crippen molar-refractivity contribution in [2.75, 3.05) is 26.2 Å². The first-order chi connectivity index (χ1) is 13.1. The van der Waals surface area contributed by atoms with Crippen LogP contribution in [0.3, 0.4) is 0 Å². The van der Waals surface area contributed by atoms with Crippen LogP contribution in [0.2, 0.25) is 0 Å². The molecule has 5 rings (SSSR count). The summed E-state index contributed by atoms with van der Waals surface area (Å²) in [5.41, 5.74) is -0.138. The highest BCUT2D eigenvalue weighted by atomic mass is 16.2. The van der Waals surface area contributed by atoms with Gasteiger partial charge in [0.05, 0.1) is 5.54 Å². The lowest BCUT2D eigenvalue weighted by Gasteiger charge is -2.31. The van der Waals surface area contributed by atoms with Gasteiger partial charge in [0.1, 0.15) is 0 Å². The van der Waals surface area contributed by atoms with Crippen molar-refractivity contribution < 1.29 is 9.59 Å². The average molecular weight is 374 g/mol. The molecule has 4 saturated carbocycles. The Morgan fingerprint density at radius 1 is 1.00 bits per heavy atom. The number of piperidine rings is 1. The van der Waals surface area contributed by atoms with Crippen LogP contribution in [0.5, 0.6) is 0 Å². The van der Waals surface area contributed by atoms with Crippen LogP contribution in [0, 0.1) is 29.6 Å². The van der Waals surface area contributed by atoms with Crippen LogP contribution < -0.4 is 10.6 Å². The van der Waals surface area contributed by atoms with E-state index in [1.165, 1.54) is 38.6 Å². The fraction of sp³-hybridized carbons (Fsp3) is 0.909. The van der Waals surface area contributed by atoms with E-state index < -0.39 is 0 Å². The number of carbonyl (C=O) groups excluding carboxylic acids is 2. The first-order valence-corrected chi connectivity index (χ1v) is 11.4. The minimum Gasteiger partial charge on any atom is -0.354 e. The van der Waals surface area contributed by atoms with Gasteiger partial charge in [-0.15, -0.1) is 0 Å². The molecule has 1 heterocycles. The molecule has 1 saturated heterocycles. The number of carbonyl (C=O) groups is 2. The van der Waals surface area contributed by atoms with Crippen molar-refractivity contribution in [3.05, 3.63) is 0 Å². The lowest BCUT2D eigenvalue weighted by Crippen LogP contribution is -2.48. The molecule has 27 heavy (non-hydrogen) atoms. The van der Waals surface area contributed by atoms with E-state index in [2.05, 4.69) is 15.5 Å². The van der Waals surface area contributed by atoms with Crippen LogP contribution in [0.25, 0.3) is 0 Å². The molecule has 4 aliphatic carbocycles. The quantitative estimate of drug-likeness (QED) is 0.686. The summed E-state index contributed by atoms with van der Waals surface area (Å²) in [6.07, 6.45) is 11.4. The van der Waals surface area contributed by atoms with Crippen molar-refractivity contribution in [2.45, 2.75) is 69.7 Å². The van der Waals surface area contributed by atoms with E-state index in [1.54, 1.807) is 0 Å². The van der Waals surface area contributed by atoms with E-state index in [9.17, 15) is 9.59 Å². The zero-order valence-corrected chi connectivity index (χ0v) is 16.5. The molecule has 5 heteroatoms. The Bertz CT molecular complexity index is 590. The zero-order chi connectivity index (χ0) is 18.4. The second-order valence-corrected chi connectivity index (χ2v) is 10.3. The maximum Gasteiger partial charge on any atom is 0.223 e. The number of amides is 2. The van der Waals surface area contributed by atoms with Crippen molar-refractivity contribution in [3.63, 3.8) is 0 Å². The Morgan fingerprint density at radius 3 is 2.37 bits per heavy atom. The molecule has 5 nitrogen and oxygen atoms in total. The fourth-order valence-electron chi connectivity index (χ4n) is 5.60. The third-order valence-corrected chi connectivity index (χ3v) is 7.97. The first kappa shape index (κ1) is 18.0. The van der Waals surface area contributed by atoms with E-state index in [1.807, 2.05) is 0 Å². The van der Waals surface area contributed by atoms with Crippen LogP contribution in [-0.4, -0.2) is 48.4 Å². The summed E-state index contributed by atoms with van der Waals surface area (Å²) in [6.45, 7) is 4.00. The molecule has 0 radical (unpaired) electrons. The predicted octanol–water partition coefficient (Wildman–Crippen LogP) is 2.31. The van der Waals surface area contributed by atoms with Gasteiger partial charge in [0, 0.05) is 25.4 Å². The molecule has 2 N–H and O–H groups in total. The summed E-state index contributed by atoms with van der Waals surface area (Å²) in [7, 11) is 0. The monoisotopic (exact) mass is 373 g/mol. The molecular weight excluding hydrogens is 338 g/mol. The predicted molar refractivity (Wildman–Crippen MR) is 104 cm³/mol. The maximum absolute atomic E-state index is 12.6. The van der Waals surface area contributed by atoms with Gasteiger partial charge in [0.2, 0.25) is 11.8 Å². The van der Waals surface area contributed by atoms with Crippen molar-refractivity contribution in [1.29, 1.82) is 0 Å². The van der Waals surface area contributed by atoms with Crippen LogP contribution in [0.4, 0.5) is 0 Å². The molecule has 3 unspecified atom stereocenters. The van der Waals surface area contributed by atoms with Crippen molar-refractivity contribution >= 4 is 11.8 Å². The molecular formula is C22H35N3O2. The first-order valence-electron chi connectivity index (χ1n) is 11.4. The second kappa shape index (κ2) is 7.06. The lowest BCUT2D eigenvalue weighted by molar-refractivity contribution is -0.127. The summed E-state index contributed by atoms with van der Waals surface area (Å²) in [5.74, 6) is 3.93. The normalized spacial score (nSPS) is 34.7. The zero-order valence-electron chi connectivity index (χ0n) is 16.5.